The third kappa shape index (κ3) is 2.67. The summed E-state index contributed by atoms with van der Waals surface area (Å²) in [6.45, 7) is 7.66. The minimum absolute atomic E-state index is 0.461. The van der Waals surface area contributed by atoms with E-state index in [0.29, 0.717) is 17.6 Å². The first-order valence-electron chi connectivity index (χ1n) is 7.26. The highest BCUT2D eigenvalue weighted by atomic mass is 16.5. The lowest BCUT2D eigenvalue weighted by Crippen LogP contribution is -2.63. The Kier molecular flexibility index (Phi) is 4.83. The van der Waals surface area contributed by atoms with E-state index in [2.05, 4.69) is 12.2 Å². The highest BCUT2D eigenvalue weighted by Gasteiger charge is 2.56. The Morgan fingerprint density at radius 1 is 1.18 bits per heavy atom. The zero-order chi connectivity index (χ0) is 12.1. The van der Waals surface area contributed by atoms with Gasteiger partial charge in [0.15, 0.2) is 0 Å². The molecule has 0 aromatic carbocycles. The molecular formula is C14H27NO2. The second-order valence-electron chi connectivity index (χ2n) is 5.32. The number of nitrogens with one attached hydrogen (secondary N) is 1. The van der Waals surface area contributed by atoms with Crippen LogP contribution in [0.4, 0.5) is 0 Å². The highest BCUT2D eigenvalue weighted by Crippen LogP contribution is 2.54. The van der Waals surface area contributed by atoms with Crippen molar-refractivity contribution >= 4 is 0 Å². The molecule has 2 saturated carbocycles. The molecule has 0 saturated heterocycles. The van der Waals surface area contributed by atoms with Crippen LogP contribution in [0.2, 0.25) is 0 Å². The van der Waals surface area contributed by atoms with Crippen LogP contribution in [-0.4, -0.2) is 38.5 Å². The maximum absolute atomic E-state index is 5.90. The molecule has 0 amide bonds. The fraction of sp³-hybridized carbons (Fsp3) is 1.00. The summed E-state index contributed by atoms with van der Waals surface area (Å²) in [5.74, 6) is 0. The molecule has 1 N–H and O–H groups in total. The monoisotopic (exact) mass is 241 g/mol. The van der Waals surface area contributed by atoms with E-state index in [1.165, 1.54) is 32.1 Å². The van der Waals surface area contributed by atoms with Crippen molar-refractivity contribution in [1.29, 1.82) is 0 Å². The smallest absolute Gasteiger partial charge is 0.0661 e. The summed E-state index contributed by atoms with van der Waals surface area (Å²) in [6.07, 6.45) is 7.17. The van der Waals surface area contributed by atoms with E-state index in [1.54, 1.807) is 0 Å². The lowest BCUT2D eigenvalue weighted by atomic mass is 9.60. The van der Waals surface area contributed by atoms with Gasteiger partial charge in [-0.05, 0) is 33.1 Å². The van der Waals surface area contributed by atoms with E-state index in [4.69, 9.17) is 9.47 Å². The zero-order valence-electron chi connectivity index (χ0n) is 11.3. The molecule has 3 heteroatoms. The predicted octanol–water partition coefficient (Wildman–Crippen LogP) is 2.35. The van der Waals surface area contributed by atoms with Crippen LogP contribution in [-0.2, 0) is 9.47 Å². The Hall–Kier alpha value is -0.120. The van der Waals surface area contributed by atoms with Gasteiger partial charge in [-0.1, -0.05) is 12.8 Å². The summed E-state index contributed by atoms with van der Waals surface area (Å²) in [4.78, 5) is 0. The van der Waals surface area contributed by atoms with Crippen LogP contribution in [0.1, 0.15) is 46.0 Å². The Morgan fingerprint density at radius 3 is 2.59 bits per heavy atom. The lowest BCUT2D eigenvalue weighted by Gasteiger charge is -2.54. The maximum atomic E-state index is 5.90. The summed E-state index contributed by atoms with van der Waals surface area (Å²) in [5.41, 5.74) is 0.461. The van der Waals surface area contributed by atoms with E-state index in [1.807, 2.05) is 6.92 Å². The van der Waals surface area contributed by atoms with Crippen molar-refractivity contribution < 1.29 is 9.47 Å². The zero-order valence-corrected chi connectivity index (χ0v) is 11.3. The Bertz CT molecular complexity index is 226. The van der Waals surface area contributed by atoms with Crippen LogP contribution >= 0.6 is 0 Å². The van der Waals surface area contributed by atoms with Gasteiger partial charge in [0.2, 0.25) is 0 Å². The van der Waals surface area contributed by atoms with Crippen LogP contribution in [0, 0.1) is 5.41 Å². The van der Waals surface area contributed by atoms with Gasteiger partial charge in [-0.15, -0.1) is 0 Å². The van der Waals surface area contributed by atoms with Gasteiger partial charge < -0.3 is 14.8 Å². The molecule has 2 rings (SSSR count). The fourth-order valence-electron chi connectivity index (χ4n) is 3.62. The molecule has 0 heterocycles. The van der Waals surface area contributed by atoms with Crippen molar-refractivity contribution in [2.45, 2.75) is 58.1 Å². The first-order valence-corrected chi connectivity index (χ1v) is 7.26. The minimum atomic E-state index is 0.461. The molecular weight excluding hydrogens is 214 g/mol. The van der Waals surface area contributed by atoms with Crippen LogP contribution in [0.25, 0.3) is 0 Å². The van der Waals surface area contributed by atoms with E-state index in [9.17, 15) is 0 Å². The summed E-state index contributed by atoms with van der Waals surface area (Å²) in [5, 5.41) is 3.67. The second kappa shape index (κ2) is 6.17. The van der Waals surface area contributed by atoms with E-state index >= 15 is 0 Å². The van der Waals surface area contributed by atoms with Gasteiger partial charge in [0.05, 0.1) is 12.7 Å². The number of hydrogen-bond acceptors (Lipinski definition) is 3. The Morgan fingerprint density at radius 2 is 1.94 bits per heavy atom. The standard InChI is InChI=1S/C14H27NO2/c1-3-16-10-9-15-12-11-13(17-4-2)14(12)7-5-6-8-14/h12-13,15H,3-11H2,1-2H3. The van der Waals surface area contributed by atoms with Gasteiger partial charge in [0.25, 0.3) is 0 Å². The largest absolute Gasteiger partial charge is 0.380 e. The molecule has 0 aliphatic heterocycles. The van der Waals surface area contributed by atoms with Crippen LogP contribution in [0.5, 0.6) is 0 Å². The molecule has 0 aromatic rings. The first kappa shape index (κ1) is 13.3. The van der Waals surface area contributed by atoms with Crippen LogP contribution < -0.4 is 5.32 Å². The molecule has 2 fully saturated rings. The van der Waals surface area contributed by atoms with Crippen molar-refractivity contribution in [3.8, 4) is 0 Å². The topological polar surface area (TPSA) is 30.5 Å². The van der Waals surface area contributed by atoms with Crippen molar-refractivity contribution in [2.24, 2.45) is 5.41 Å². The molecule has 2 aliphatic rings. The number of rotatable bonds is 7. The minimum Gasteiger partial charge on any atom is -0.380 e. The van der Waals surface area contributed by atoms with Crippen molar-refractivity contribution in [2.75, 3.05) is 26.4 Å². The molecule has 100 valence electrons. The van der Waals surface area contributed by atoms with E-state index < -0.39 is 0 Å². The van der Waals surface area contributed by atoms with Crippen molar-refractivity contribution in [1.82, 2.24) is 5.32 Å². The average molecular weight is 241 g/mol. The SMILES string of the molecule is CCOCCNC1CC(OCC)C12CCCC2. The van der Waals surface area contributed by atoms with Gasteiger partial charge in [-0.2, -0.15) is 0 Å². The molecule has 3 nitrogen and oxygen atoms in total. The molecule has 2 unspecified atom stereocenters. The quantitative estimate of drug-likeness (QED) is 0.694. The third-order valence-corrected chi connectivity index (χ3v) is 4.53. The number of hydrogen-bond donors (Lipinski definition) is 1. The predicted molar refractivity (Wildman–Crippen MR) is 69.2 cm³/mol. The molecule has 2 aliphatic carbocycles. The van der Waals surface area contributed by atoms with E-state index in [-0.39, 0.29) is 0 Å². The fourth-order valence-corrected chi connectivity index (χ4v) is 3.62. The van der Waals surface area contributed by atoms with Gasteiger partial charge in [-0.25, -0.2) is 0 Å². The molecule has 0 radical (unpaired) electrons. The van der Waals surface area contributed by atoms with Crippen molar-refractivity contribution in [3.63, 3.8) is 0 Å². The number of ether oxygens (including phenoxy) is 2. The van der Waals surface area contributed by atoms with Crippen molar-refractivity contribution in [3.05, 3.63) is 0 Å². The summed E-state index contributed by atoms with van der Waals surface area (Å²) in [6, 6.07) is 0.669. The maximum Gasteiger partial charge on any atom is 0.0661 e. The summed E-state index contributed by atoms with van der Waals surface area (Å²) >= 11 is 0. The van der Waals surface area contributed by atoms with Gasteiger partial charge in [0, 0.05) is 31.2 Å². The van der Waals surface area contributed by atoms with Crippen LogP contribution in [0.15, 0.2) is 0 Å². The van der Waals surface area contributed by atoms with Gasteiger partial charge >= 0.3 is 0 Å². The average Bonchev–Trinajstić information content (AvgIpc) is 2.84. The molecule has 1 spiro atoms. The highest BCUT2D eigenvalue weighted by molar-refractivity contribution is 5.09. The second-order valence-corrected chi connectivity index (χ2v) is 5.32. The first-order chi connectivity index (χ1) is 8.33. The molecule has 0 aromatic heterocycles. The lowest BCUT2D eigenvalue weighted by molar-refractivity contribution is -0.130. The Labute approximate surface area is 105 Å². The normalized spacial score (nSPS) is 30.7. The van der Waals surface area contributed by atoms with E-state index in [0.717, 1.165) is 26.4 Å². The molecule has 17 heavy (non-hydrogen) atoms. The third-order valence-electron chi connectivity index (χ3n) is 4.53. The molecule has 2 atom stereocenters. The van der Waals surface area contributed by atoms with Gasteiger partial charge in [-0.3, -0.25) is 0 Å². The van der Waals surface area contributed by atoms with Crippen LogP contribution in [0.3, 0.4) is 0 Å². The summed E-state index contributed by atoms with van der Waals surface area (Å²) in [7, 11) is 0. The van der Waals surface area contributed by atoms with Gasteiger partial charge in [0.1, 0.15) is 0 Å². The Balaban J connectivity index is 1.79. The summed E-state index contributed by atoms with van der Waals surface area (Å²) < 4.78 is 11.3. The molecule has 0 bridgehead atoms.